The van der Waals surface area contributed by atoms with E-state index in [1.54, 1.807) is 0 Å². The molecule has 1 fully saturated rings. The molecule has 0 radical (unpaired) electrons. The summed E-state index contributed by atoms with van der Waals surface area (Å²) in [6.07, 6.45) is 0.690. The van der Waals surface area contributed by atoms with Crippen molar-refractivity contribution in [2.45, 2.75) is 26.8 Å². The van der Waals surface area contributed by atoms with Crippen LogP contribution < -0.4 is 14.9 Å². The quantitative estimate of drug-likeness (QED) is 0.632. The molecule has 2 N–H and O–H groups in total. The third kappa shape index (κ3) is 4.13. The number of hydrogen-bond acceptors (Lipinski definition) is 3. The number of anilines is 1. The van der Waals surface area contributed by atoms with E-state index in [4.69, 9.17) is 0 Å². The molecule has 1 saturated heterocycles. The Morgan fingerprint density at radius 1 is 1.27 bits per heavy atom. The average molecular weight is 324 g/mol. The number of aliphatic imine (C=N–C) groups is 1. The van der Waals surface area contributed by atoms with Gasteiger partial charge in [0.05, 0.1) is 18.0 Å². The molecule has 1 heterocycles. The number of benzene rings is 1. The maximum atomic E-state index is 12.0. The topological polar surface area (TPSA) is 73.8 Å². The minimum Gasteiger partial charge on any atom is -0.357 e. The maximum absolute atomic E-state index is 12.0. The molecule has 122 valence electrons. The fraction of sp³-hybridized carbons (Fsp3) is 0.533. The fourth-order valence-electron chi connectivity index (χ4n) is 2.42. The van der Waals surface area contributed by atoms with Gasteiger partial charge in [0.15, 0.2) is 5.96 Å². The Bertz CT molecular complexity index is 620. The van der Waals surface area contributed by atoms with Gasteiger partial charge in [-0.3, -0.25) is 4.31 Å². The summed E-state index contributed by atoms with van der Waals surface area (Å²) in [6, 6.07) is 7.59. The largest absolute Gasteiger partial charge is 0.357 e. The molecule has 1 aliphatic heterocycles. The van der Waals surface area contributed by atoms with E-state index in [2.05, 4.69) is 15.6 Å². The highest BCUT2D eigenvalue weighted by Gasteiger charge is 2.28. The van der Waals surface area contributed by atoms with Crippen LogP contribution in [-0.2, 0) is 16.6 Å². The third-order valence-corrected chi connectivity index (χ3v) is 5.28. The fourth-order valence-corrected chi connectivity index (χ4v) is 3.98. The van der Waals surface area contributed by atoms with E-state index in [0.29, 0.717) is 19.5 Å². The van der Waals surface area contributed by atoms with Crippen LogP contribution in [0, 0.1) is 0 Å². The molecule has 6 nitrogen and oxygen atoms in total. The Balaban J connectivity index is 2.13. The summed E-state index contributed by atoms with van der Waals surface area (Å²) in [6.45, 7) is 6.72. The Kier molecular flexibility index (Phi) is 5.65. The van der Waals surface area contributed by atoms with Crippen molar-refractivity contribution in [3.8, 4) is 0 Å². The van der Waals surface area contributed by atoms with Gasteiger partial charge in [-0.1, -0.05) is 12.1 Å². The smallest absolute Gasteiger partial charge is 0.235 e. The van der Waals surface area contributed by atoms with Crippen LogP contribution in [0.2, 0.25) is 0 Å². The Labute approximate surface area is 132 Å². The van der Waals surface area contributed by atoms with Crippen molar-refractivity contribution in [3.05, 3.63) is 29.8 Å². The zero-order valence-corrected chi connectivity index (χ0v) is 14.0. The van der Waals surface area contributed by atoms with Gasteiger partial charge < -0.3 is 10.6 Å². The van der Waals surface area contributed by atoms with E-state index in [0.717, 1.165) is 30.3 Å². The average Bonchev–Trinajstić information content (AvgIpc) is 2.85. The van der Waals surface area contributed by atoms with Crippen LogP contribution in [0.3, 0.4) is 0 Å². The molecule has 0 saturated carbocycles. The summed E-state index contributed by atoms with van der Waals surface area (Å²) in [5.41, 5.74) is 1.73. The second-order valence-corrected chi connectivity index (χ2v) is 7.15. The molecule has 1 aromatic carbocycles. The van der Waals surface area contributed by atoms with Crippen molar-refractivity contribution >= 4 is 21.7 Å². The zero-order valence-electron chi connectivity index (χ0n) is 13.2. The molecular formula is C15H24N4O2S. The minimum atomic E-state index is -3.13. The number of hydrogen-bond donors (Lipinski definition) is 2. The van der Waals surface area contributed by atoms with Crippen LogP contribution in [0.1, 0.15) is 25.8 Å². The molecule has 2 rings (SSSR count). The van der Waals surface area contributed by atoms with E-state index in [1.807, 2.05) is 38.1 Å². The van der Waals surface area contributed by atoms with Gasteiger partial charge in [0.2, 0.25) is 10.0 Å². The van der Waals surface area contributed by atoms with Gasteiger partial charge in [-0.2, -0.15) is 0 Å². The van der Waals surface area contributed by atoms with Crippen LogP contribution in [0.5, 0.6) is 0 Å². The molecule has 0 aromatic heterocycles. The van der Waals surface area contributed by atoms with Crippen molar-refractivity contribution in [1.29, 1.82) is 0 Å². The molecule has 7 heteroatoms. The Hall–Kier alpha value is -1.76. The lowest BCUT2D eigenvalue weighted by Crippen LogP contribution is -2.36. The molecule has 0 unspecified atom stereocenters. The summed E-state index contributed by atoms with van der Waals surface area (Å²) in [5.74, 6) is 1.00. The molecule has 0 amide bonds. The van der Waals surface area contributed by atoms with Crippen molar-refractivity contribution in [2.75, 3.05) is 29.7 Å². The van der Waals surface area contributed by atoms with Crippen LogP contribution in [-0.4, -0.2) is 39.8 Å². The highest BCUT2D eigenvalue weighted by Crippen LogP contribution is 2.24. The van der Waals surface area contributed by atoms with E-state index in [-0.39, 0.29) is 5.75 Å². The number of nitrogens with zero attached hydrogens (tertiary/aromatic N) is 2. The Morgan fingerprint density at radius 2 is 2.00 bits per heavy atom. The molecule has 0 atom stereocenters. The SMILES string of the molecule is CCNC(=NCc1cccc(N2CCCS2(=O)=O)c1)NCC. The molecule has 0 bridgehead atoms. The van der Waals surface area contributed by atoms with Crippen LogP contribution in [0.15, 0.2) is 29.3 Å². The standard InChI is InChI=1S/C15H24N4O2S/c1-3-16-15(17-4-2)18-12-13-7-5-8-14(11-13)19-9-6-10-22(19,20)21/h5,7-8,11H,3-4,6,9-10,12H2,1-2H3,(H2,16,17,18). The van der Waals surface area contributed by atoms with Gasteiger partial charge in [-0.05, 0) is 38.0 Å². The first-order valence-corrected chi connectivity index (χ1v) is 9.29. The monoisotopic (exact) mass is 324 g/mol. The van der Waals surface area contributed by atoms with Gasteiger partial charge in [-0.25, -0.2) is 13.4 Å². The Morgan fingerprint density at radius 3 is 2.59 bits per heavy atom. The normalized spacial score (nSPS) is 16.4. The van der Waals surface area contributed by atoms with Crippen molar-refractivity contribution in [3.63, 3.8) is 0 Å². The van der Waals surface area contributed by atoms with Gasteiger partial charge in [0.1, 0.15) is 0 Å². The molecule has 1 aromatic rings. The highest BCUT2D eigenvalue weighted by molar-refractivity contribution is 7.93. The van der Waals surface area contributed by atoms with Crippen LogP contribution in [0.4, 0.5) is 5.69 Å². The molecule has 0 spiro atoms. The number of sulfonamides is 1. The van der Waals surface area contributed by atoms with E-state index in [1.165, 1.54) is 4.31 Å². The maximum Gasteiger partial charge on any atom is 0.235 e. The second-order valence-electron chi connectivity index (χ2n) is 5.14. The highest BCUT2D eigenvalue weighted by atomic mass is 32.2. The zero-order chi connectivity index (χ0) is 16.0. The lowest BCUT2D eigenvalue weighted by molar-refractivity contribution is 0.599. The van der Waals surface area contributed by atoms with Crippen molar-refractivity contribution in [2.24, 2.45) is 4.99 Å². The number of rotatable bonds is 5. The number of guanidine groups is 1. The van der Waals surface area contributed by atoms with Gasteiger partial charge in [-0.15, -0.1) is 0 Å². The van der Waals surface area contributed by atoms with Gasteiger partial charge in [0, 0.05) is 19.6 Å². The van der Waals surface area contributed by atoms with E-state index in [9.17, 15) is 8.42 Å². The predicted octanol–water partition coefficient (Wildman–Crippen LogP) is 1.30. The van der Waals surface area contributed by atoms with Crippen LogP contribution >= 0.6 is 0 Å². The summed E-state index contributed by atoms with van der Waals surface area (Å²) in [7, 11) is -3.13. The molecule has 22 heavy (non-hydrogen) atoms. The lowest BCUT2D eigenvalue weighted by atomic mass is 10.2. The van der Waals surface area contributed by atoms with Gasteiger partial charge in [0.25, 0.3) is 0 Å². The summed E-state index contributed by atoms with van der Waals surface area (Å²) < 4.78 is 25.5. The molecule has 0 aliphatic carbocycles. The second kappa shape index (κ2) is 7.49. The van der Waals surface area contributed by atoms with Crippen molar-refractivity contribution in [1.82, 2.24) is 10.6 Å². The lowest BCUT2D eigenvalue weighted by Gasteiger charge is -2.17. The third-order valence-electron chi connectivity index (χ3n) is 3.41. The predicted molar refractivity (Wildman–Crippen MR) is 90.7 cm³/mol. The molecular weight excluding hydrogens is 300 g/mol. The van der Waals surface area contributed by atoms with Crippen LogP contribution in [0.25, 0.3) is 0 Å². The first-order valence-electron chi connectivity index (χ1n) is 7.68. The van der Waals surface area contributed by atoms with Gasteiger partial charge >= 0.3 is 0 Å². The number of nitrogens with one attached hydrogen (secondary N) is 2. The first-order chi connectivity index (χ1) is 10.6. The van der Waals surface area contributed by atoms with Crippen molar-refractivity contribution < 1.29 is 8.42 Å². The summed E-state index contributed by atoms with van der Waals surface area (Å²) >= 11 is 0. The minimum absolute atomic E-state index is 0.236. The molecule has 1 aliphatic rings. The van der Waals surface area contributed by atoms with E-state index >= 15 is 0 Å². The first kappa shape index (κ1) is 16.6. The summed E-state index contributed by atoms with van der Waals surface area (Å²) in [5, 5.41) is 6.34. The summed E-state index contributed by atoms with van der Waals surface area (Å²) in [4.78, 5) is 4.50. The van der Waals surface area contributed by atoms with E-state index < -0.39 is 10.0 Å².